The van der Waals surface area contributed by atoms with Gasteiger partial charge < -0.3 is 14.4 Å². The van der Waals surface area contributed by atoms with Gasteiger partial charge in [0.05, 0.1) is 14.2 Å². The summed E-state index contributed by atoms with van der Waals surface area (Å²) in [5.41, 5.74) is 2.83. The molecule has 1 saturated heterocycles. The molecule has 0 aromatic heterocycles. The molecule has 1 aliphatic rings. The molecule has 25 heavy (non-hydrogen) atoms. The Bertz CT molecular complexity index is 745. The molecule has 0 spiro atoms. The van der Waals surface area contributed by atoms with Gasteiger partial charge in [-0.05, 0) is 54.8 Å². The van der Waals surface area contributed by atoms with Crippen LogP contribution >= 0.6 is 11.6 Å². The molecule has 1 fully saturated rings. The van der Waals surface area contributed by atoms with Crippen LogP contribution in [0.1, 0.15) is 34.7 Å². The van der Waals surface area contributed by atoms with Crippen molar-refractivity contribution in [3.05, 3.63) is 58.6 Å². The molecule has 5 heteroatoms. The van der Waals surface area contributed by atoms with E-state index in [0.29, 0.717) is 17.2 Å². The largest absolute Gasteiger partial charge is 0.496 e. The van der Waals surface area contributed by atoms with Crippen LogP contribution in [0.3, 0.4) is 0 Å². The minimum absolute atomic E-state index is 0.380. The molecule has 0 bridgehead atoms. The maximum Gasteiger partial charge on any atom is 0.341 e. The van der Waals surface area contributed by atoms with E-state index in [-0.39, 0.29) is 5.97 Å². The first kappa shape index (κ1) is 17.6. The smallest absolute Gasteiger partial charge is 0.341 e. The third kappa shape index (κ3) is 3.90. The lowest BCUT2D eigenvalue weighted by molar-refractivity contribution is 0.0597. The van der Waals surface area contributed by atoms with E-state index in [1.807, 2.05) is 24.3 Å². The Balaban J connectivity index is 1.81. The van der Waals surface area contributed by atoms with Crippen LogP contribution in [-0.4, -0.2) is 33.3 Å². The van der Waals surface area contributed by atoms with Crippen LogP contribution in [-0.2, 0) is 4.74 Å². The van der Waals surface area contributed by atoms with E-state index in [0.717, 1.165) is 31.0 Å². The number of rotatable bonds is 4. The van der Waals surface area contributed by atoms with Gasteiger partial charge in [-0.15, -0.1) is 0 Å². The SMILES string of the molecule is COC(=O)c1ccc(C2CCCN(c3ccc(Cl)cc3)C2)cc1OC. The van der Waals surface area contributed by atoms with Crippen molar-refractivity contribution < 1.29 is 14.3 Å². The number of benzene rings is 2. The van der Waals surface area contributed by atoms with Crippen LogP contribution < -0.4 is 9.64 Å². The lowest BCUT2D eigenvalue weighted by atomic mass is 9.89. The molecule has 0 aliphatic carbocycles. The van der Waals surface area contributed by atoms with Gasteiger partial charge in [0.1, 0.15) is 11.3 Å². The highest BCUT2D eigenvalue weighted by molar-refractivity contribution is 6.30. The van der Waals surface area contributed by atoms with Crippen molar-refractivity contribution in [2.45, 2.75) is 18.8 Å². The Hall–Kier alpha value is -2.20. The second kappa shape index (κ2) is 7.79. The number of nitrogens with zero attached hydrogens (tertiary/aromatic N) is 1. The van der Waals surface area contributed by atoms with Gasteiger partial charge in [-0.3, -0.25) is 0 Å². The van der Waals surface area contributed by atoms with Gasteiger partial charge in [0, 0.05) is 29.7 Å². The van der Waals surface area contributed by atoms with Crippen molar-refractivity contribution in [1.82, 2.24) is 0 Å². The number of methoxy groups -OCH3 is 2. The van der Waals surface area contributed by atoms with Gasteiger partial charge >= 0.3 is 5.97 Å². The van der Waals surface area contributed by atoms with E-state index in [1.54, 1.807) is 13.2 Å². The third-order valence-corrected chi connectivity index (χ3v) is 4.97. The van der Waals surface area contributed by atoms with Gasteiger partial charge in [-0.25, -0.2) is 4.79 Å². The summed E-state index contributed by atoms with van der Waals surface area (Å²) in [6.07, 6.45) is 2.24. The molecule has 1 unspecified atom stereocenters. The normalized spacial score (nSPS) is 17.2. The highest BCUT2D eigenvalue weighted by Gasteiger charge is 2.23. The molecule has 2 aromatic rings. The summed E-state index contributed by atoms with van der Waals surface area (Å²) in [5, 5.41) is 0.750. The van der Waals surface area contributed by atoms with Crippen molar-refractivity contribution in [2.75, 3.05) is 32.2 Å². The van der Waals surface area contributed by atoms with Crippen LogP contribution in [0.15, 0.2) is 42.5 Å². The fraction of sp³-hybridized carbons (Fsp3) is 0.350. The maximum absolute atomic E-state index is 11.8. The van der Waals surface area contributed by atoms with Gasteiger partial charge in [-0.1, -0.05) is 17.7 Å². The van der Waals surface area contributed by atoms with Crippen molar-refractivity contribution in [1.29, 1.82) is 0 Å². The molecule has 3 rings (SSSR count). The third-order valence-electron chi connectivity index (χ3n) is 4.72. The number of hydrogen-bond acceptors (Lipinski definition) is 4. The summed E-state index contributed by atoms with van der Waals surface area (Å²) in [6, 6.07) is 13.7. The van der Waals surface area contributed by atoms with Gasteiger partial charge in [0.25, 0.3) is 0 Å². The van der Waals surface area contributed by atoms with E-state index in [2.05, 4.69) is 17.0 Å². The number of anilines is 1. The molecular weight excluding hydrogens is 338 g/mol. The number of carbonyl (C=O) groups excluding carboxylic acids is 1. The van der Waals surface area contributed by atoms with Crippen LogP contribution in [0.4, 0.5) is 5.69 Å². The first-order chi connectivity index (χ1) is 12.1. The van der Waals surface area contributed by atoms with E-state index < -0.39 is 0 Å². The molecule has 2 aromatic carbocycles. The minimum Gasteiger partial charge on any atom is -0.496 e. The van der Waals surface area contributed by atoms with Gasteiger partial charge in [0.2, 0.25) is 0 Å². The number of ether oxygens (including phenoxy) is 2. The molecule has 1 aliphatic heterocycles. The Morgan fingerprint density at radius 1 is 1.16 bits per heavy atom. The van der Waals surface area contributed by atoms with Gasteiger partial charge in [-0.2, -0.15) is 0 Å². The second-order valence-electron chi connectivity index (χ2n) is 6.21. The summed E-state index contributed by atoms with van der Waals surface area (Å²) in [5.74, 6) is 0.577. The van der Waals surface area contributed by atoms with Crippen molar-refractivity contribution in [2.24, 2.45) is 0 Å². The fourth-order valence-corrected chi connectivity index (χ4v) is 3.50. The van der Waals surface area contributed by atoms with Crippen LogP contribution in [0.2, 0.25) is 5.02 Å². The summed E-state index contributed by atoms with van der Waals surface area (Å²) in [7, 11) is 2.95. The Labute approximate surface area is 153 Å². The number of piperidine rings is 1. The second-order valence-corrected chi connectivity index (χ2v) is 6.65. The molecule has 0 radical (unpaired) electrons. The molecule has 0 saturated carbocycles. The lowest BCUT2D eigenvalue weighted by Gasteiger charge is -2.35. The summed E-state index contributed by atoms with van der Waals surface area (Å²) >= 11 is 5.99. The molecule has 1 atom stereocenters. The summed E-state index contributed by atoms with van der Waals surface area (Å²) in [4.78, 5) is 14.2. The molecule has 0 amide bonds. The van der Waals surface area contributed by atoms with E-state index in [1.165, 1.54) is 18.4 Å². The lowest BCUT2D eigenvalue weighted by Crippen LogP contribution is -2.34. The molecule has 4 nitrogen and oxygen atoms in total. The van der Waals surface area contributed by atoms with Crippen molar-refractivity contribution in [3.8, 4) is 5.75 Å². The zero-order valence-electron chi connectivity index (χ0n) is 14.5. The van der Waals surface area contributed by atoms with E-state index in [4.69, 9.17) is 21.1 Å². The minimum atomic E-state index is -0.380. The maximum atomic E-state index is 11.8. The molecule has 1 heterocycles. The summed E-state index contributed by atoms with van der Waals surface area (Å²) in [6.45, 7) is 1.97. The topological polar surface area (TPSA) is 38.8 Å². The van der Waals surface area contributed by atoms with Crippen LogP contribution in [0.25, 0.3) is 0 Å². The monoisotopic (exact) mass is 359 g/mol. The zero-order chi connectivity index (χ0) is 17.8. The first-order valence-electron chi connectivity index (χ1n) is 8.39. The Kier molecular flexibility index (Phi) is 5.49. The fourth-order valence-electron chi connectivity index (χ4n) is 3.38. The Morgan fingerprint density at radius 2 is 1.92 bits per heavy atom. The van der Waals surface area contributed by atoms with Crippen LogP contribution in [0, 0.1) is 0 Å². The average molecular weight is 360 g/mol. The van der Waals surface area contributed by atoms with Gasteiger partial charge in [0.15, 0.2) is 0 Å². The quantitative estimate of drug-likeness (QED) is 0.752. The van der Waals surface area contributed by atoms with Crippen LogP contribution in [0.5, 0.6) is 5.75 Å². The van der Waals surface area contributed by atoms with E-state index in [9.17, 15) is 4.79 Å². The highest BCUT2D eigenvalue weighted by atomic mass is 35.5. The predicted octanol–water partition coefficient (Wildman–Crippen LogP) is 4.52. The summed E-state index contributed by atoms with van der Waals surface area (Å²) < 4.78 is 10.2. The molecule has 0 N–H and O–H groups in total. The number of hydrogen-bond donors (Lipinski definition) is 0. The molecular formula is C20H22ClNO3. The van der Waals surface area contributed by atoms with Crippen molar-refractivity contribution >= 4 is 23.3 Å². The average Bonchev–Trinajstić information content (AvgIpc) is 2.67. The number of esters is 1. The molecule has 132 valence electrons. The highest BCUT2D eigenvalue weighted by Crippen LogP contribution is 2.33. The van der Waals surface area contributed by atoms with Crippen molar-refractivity contribution in [3.63, 3.8) is 0 Å². The standard InChI is InChI=1S/C20H22ClNO3/c1-24-19-12-14(5-10-18(19)20(23)25-2)15-4-3-11-22(13-15)17-8-6-16(21)7-9-17/h5-10,12,15H,3-4,11,13H2,1-2H3. The predicted molar refractivity (Wildman–Crippen MR) is 100.0 cm³/mol. The number of carbonyl (C=O) groups is 1. The Morgan fingerprint density at radius 3 is 2.60 bits per heavy atom. The van der Waals surface area contributed by atoms with E-state index >= 15 is 0 Å². The number of halogens is 1. The zero-order valence-corrected chi connectivity index (χ0v) is 15.3. The first-order valence-corrected chi connectivity index (χ1v) is 8.77.